The Hall–Kier alpha value is -0.910. The largest absolute Gasteiger partial charge is 0.441 e. The zero-order valence-corrected chi connectivity index (χ0v) is 10.5. The molecule has 0 amide bonds. The highest BCUT2D eigenvalue weighted by molar-refractivity contribution is 9.10. The number of aliphatic hydroxyl groups is 1. The highest BCUT2D eigenvalue weighted by atomic mass is 79.9. The van der Waals surface area contributed by atoms with Gasteiger partial charge in [0, 0.05) is 11.0 Å². The predicted molar refractivity (Wildman–Crippen MR) is 65.1 cm³/mol. The Bertz CT molecular complexity index is 508. The quantitative estimate of drug-likeness (QED) is 0.902. The lowest BCUT2D eigenvalue weighted by atomic mass is 10.0. The fourth-order valence-electron chi connectivity index (χ4n) is 1.42. The molecule has 3 N–H and O–H groups in total. The molecule has 1 atom stereocenters. The summed E-state index contributed by atoms with van der Waals surface area (Å²) in [5.74, 6) is 0.503. The first-order valence-electron chi connectivity index (χ1n) is 4.97. The monoisotopic (exact) mass is 284 g/mol. The number of hydrogen-bond donors (Lipinski definition) is 2. The van der Waals surface area contributed by atoms with E-state index in [1.807, 2.05) is 18.2 Å². The van der Waals surface area contributed by atoms with Crippen LogP contribution in [-0.2, 0) is 6.42 Å². The van der Waals surface area contributed by atoms with Crippen LogP contribution in [0.1, 0.15) is 12.8 Å². The first-order chi connectivity index (χ1) is 7.50. The highest BCUT2D eigenvalue weighted by Crippen LogP contribution is 2.22. The van der Waals surface area contributed by atoms with Gasteiger partial charge in [-0.15, -0.1) is 0 Å². The molecule has 0 aliphatic heterocycles. The maximum absolute atomic E-state index is 9.82. The second kappa shape index (κ2) is 4.16. The van der Waals surface area contributed by atoms with Gasteiger partial charge in [0.1, 0.15) is 5.52 Å². The molecule has 0 fully saturated rings. The van der Waals surface area contributed by atoms with Gasteiger partial charge in [0.2, 0.25) is 0 Å². The third-order valence-electron chi connectivity index (χ3n) is 2.37. The molecule has 5 heteroatoms. The predicted octanol–water partition coefficient (Wildman–Crippen LogP) is 1.84. The number of rotatable bonds is 3. The van der Waals surface area contributed by atoms with E-state index in [1.165, 1.54) is 0 Å². The second-order valence-corrected chi connectivity index (χ2v) is 5.01. The summed E-state index contributed by atoms with van der Waals surface area (Å²) in [7, 11) is 0. The molecule has 2 rings (SSSR count). The summed E-state index contributed by atoms with van der Waals surface area (Å²) >= 11 is 3.37. The summed E-state index contributed by atoms with van der Waals surface area (Å²) < 4.78 is 6.46. The van der Waals surface area contributed by atoms with Gasteiger partial charge in [-0.1, -0.05) is 15.9 Å². The van der Waals surface area contributed by atoms with Crippen molar-refractivity contribution in [2.75, 3.05) is 6.54 Å². The number of oxazole rings is 1. The van der Waals surface area contributed by atoms with Crippen molar-refractivity contribution >= 4 is 27.0 Å². The van der Waals surface area contributed by atoms with E-state index in [9.17, 15) is 5.11 Å². The van der Waals surface area contributed by atoms with Gasteiger partial charge in [-0.05, 0) is 25.1 Å². The number of hydrogen-bond acceptors (Lipinski definition) is 4. The maximum Gasteiger partial charge on any atom is 0.198 e. The van der Waals surface area contributed by atoms with Crippen molar-refractivity contribution in [3.8, 4) is 0 Å². The van der Waals surface area contributed by atoms with E-state index in [2.05, 4.69) is 20.9 Å². The number of fused-ring (bicyclic) bond motifs is 1. The van der Waals surface area contributed by atoms with Gasteiger partial charge in [-0.2, -0.15) is 0 Å². The van der Waals surface area contributed by atoms with Crippen LogP contribution in [0.25, 0.3) is 11.1 Å². The molecule has 0 saturated carbocycles. The van der Waals surface area contributed by atoms with E-state index in [0.29, 0.717) is 17.9 Å². The minimum absolute atomic E-state index is 0.176. The molecule has 1 unspecified atom stereocenters. The van der Waals surface area contributed by atoms with Crippen LogP contribution >= 0.6 is 15.9 Å². The molecule has 0 spiro atoms. The Labute approximate surface area is 102 Å². The van der Waals surface area contributed by atoms with Crippen LogP contribution in [0, 0.1) is 0 Å². The van der Waals surface area contributed by atoms with Gasteiger partial charge in [-0.3, -0.25) is 0 Å². The van der Waals surface area contributed by atoms with Crippen LogP contribution in [-0.4, -0.2) is 22.2 Å². The van der Waals surface area contributed by atoms with Gasteiger partial charge in [0.25, 0.3) is 0 Å². The highest BCUT2D eigenvalue weighted by Gasteiger charge is 2.22. The lowest BCUT2D eigenvalue weighted by Crippen LogP contribution is -2.36. The number of aromatic nitrogens is 1. The van der Waals surface area contributed by atoms with Crippen molar-refractivity contribution in [1.29, 1.82) is 0 Å². The molecule has 0 bridgehead atoms. The lowest BCUT2D eigenvalue weighted by Gasteiger charge is -2.18. The molecule has 0 saturated heterocycles. The fourth-order valence-corrected chi connectivity index (χ4v) is 1.77. The second-order valence-electron chi connectivity index (χ2n) is 4.10. The van der Waals surface area contributed by atoms with Crippen LogP contribution in [0.15, 0.2) is 27.1 Å². The first-order valence-corrected chi connectivity index (χ1v) is 5.77. The van der Waals surface area contributed by atoms with Crippen LogP contribution in [0.3, 0.4) is 0 Å². The number of nitrogens with two attached hydrogens (primary N) is 1. The Morgan fingerprint density at radius 1 is 1.56 bits per heavy atom. The third-order valence-corrected chi connectivity index (χ3v) is 2.86. The Balaban J connectivity index is 2.33. The van der Waals surface area contributed by atoms with Gasteiger partial charge in [-0.25, -0.2) is 4.98 Å². The van der Waals surface area contributed by atoms with Crippen molar-refractivity contribution in [2.45, 2.75) is 18.9 Å². The number of halogens is 1. The molecule has 4 nitrogen and oxygen atoms in total. The molecule has 0 radical (unpaired) electrons. The average Bonchev–Trinajstić information content (AvgIpc) is 2.58. The molecule has 16 heavy (non-hydrogen) atoms. The molecule has 2 aromatic rings. The van der Waals surface area contributed by atoms with Crippen molar-refractivity contribution < 1.29 is 9.52 Å². The van der Waals surface area contributed by atoms with Crippen LogP contribution in [0.5, 0.6) is 0 Å². The lowest BCUT2D eigenvalue weighted by molar-refractivity contribution is 0.0632. The minimum Gasteiger partial charge on any atom is -0.441 e. The fraction of sp³-hybridized carbons (Fsp3) is 0.364. The van der Waals surface area contributed by atoms with Gasteiger partial charge in [0.05, 0.1) is 12.0 Å². The molecule has 1 heterocycles. The molecule has 1 aromatic heterocycles. The van der Waals surface area contributed by atoms with Gasteiger partial charge in [0.15, 0.2) is 11.5 Å². The van der Waals surface area contributed by atoms with E-state index in [0.717, 1.165) is 9.99 Å². The molecular weight excluding hydrogens is 272 g/mol. The first kappa shape index (κ1) is 11.6. The van der Waals surface area contributed by atoms with Crippen LogP contribution < -0.4 is 5.73 Å². The van der Waals surface area contributed by atoms with Crippen molar-refractivity contribution in [3.05, 3.63) is 28.6 Å². The standard InChI is InChI=1S/C11H13BrN2O2/c1-11(15,6-13)5-10-14-8-4-7(12)2-3-9(8)16-10/h2-4,15H,5-6,13H2,1H3. The zero-order valence-electron chi connectivity index (χ0n) is 8.90. The van der Waals surface area contributed by atoms with E-state index >= 15 is 0 Å². The summed E-state index contributed by atoms with van der Waals surface area (Å²) in [4.78, 5) is 4.29. The molecule has 0 aliphatic carbocycles. The summed E-state index contributed by atoms with van der Waals surface area (Å²) in [5.41, 5.74) is 5.96. The molecule has 1 aromatic carbocycles. The van der Waals surface area contributed by atoms with E-state index in [1.54, 1.807) is 6.92 Å². The summed E-state index contributed by atoms with van der Waals surface area (Å²) in [5, 5.41) is 9.82. The molecule has 0 aliphatic rings. The summed E-state index contributed by atoms with van der Waals surface area (Å²) in [6.07, 6.45) is 0.315. The van der Waals surface area contributed by atoms with Crippen molar-refractivity contribution in [1.82, 2.24) is 4.98 Å². The number of nitrogens with zero attached hydrogens (tertiary/aromatic N) is 1. The summed E-state index contributed by atoms with van der Waals surface area (Å²) in [6, 6.07) is 5.60. The van der Waals surface area contributed by atoms with Crippen LogP contribution in [0.4, 0.5) is 0 Å². The minimum atomic E-state index is -0.974. The zero-order chi connectivity index (χ0) is 11.8. The van der Waals surface area contributed by atoms with Gasteiger partial charge >= 0.3 is 0 Å². The third kappa shape index (κ3) is 2.42. The van der Waals surface area contributed by atoms with Crippen LogP contribution in [0.2, 0.25) is 0 Å². The number of benzene rings is 1. The molecular formula is C11H13BrN2O2. The SMILES string of the molecule is CC(O)(CN)Cc1nc2cc(Br)ccc2o1. The maximum atomic E-state index is 9.82. The van der Waals surface area contributed by atoms with Gasteiger partial charge < -0.3 is 15.3 Å². The average molecular weight is 285 g/mol. The molecule has 86 valence electrons. The Morgan fingerprint density at radius 3 is 3.00 bits per heavy atom. The van der Waals surface area contributed by atoms with E-state index in [-0.39, 0.29) is 6.54 Å². The van der Waals surface area contributed by atoms with E-state index < -0.39 is 5.60 Å². The Kier molecular flexibility index (Phi) is 3.01. The van der Waals surface area contributed by atoms with Crippen molar-refractivity contribution in [2.24, 2.45) is 5.73 Å². The topological polar surface area (TPSA) is 72.3 Å². The van der Waals surface area contributed by atoms with Crippen molar-refractivity contribution in [3.63, 3.8) is 0 Å². The summed E-state index contributed by atoms with van der Waals surface area (Å²) in [6.45, 7) is 1.84. The normalized spacial score (nSPS) is 15.2. The smallest absolute Gasteiger partial charge is 0.198 e. The van der Waals surface area contributed by atoms with E-state index in [4.69, 9.17) is 10.2 Å². The Morgan fingerprint density at radius 2 is 2.31 bits per heavy atom.